The van der Waals surface area contributed by atoms with E-state index in [1.165, 1.54) is 6.92 Å². The Hall–Kier alpha value is -1.28. The molecule has 0 aliphatic rings. The summed E-state index contributed by atoms with van der Waals surface area (Å²) in [5.41, 5.74) is 0. The van der Waals surface area contributed by atoms with Gasteiger partial charge in [-0.15, -0.1) is 5.10 Å². The van der Waals surface area contributed by atoms with E-state index in [2.05, 4.69) is 10.1 Å². The number of hydrogen-bond acceptors (Lipinski definition) is 2. The van der Waals surface area contributed by atoms with Crippen LogP contribution in [0.15, 0.2) is 0 Å². The van der Waals surface area contributed by atoms with E-state index in [0.29, 0.717) is 0 Å². The van der Waals surface area contributed by atoms with Gasteiger partial charge in [0.1, 0.15) is 0 Å². The van der Waals surface area contributed by atoms with E-state index in [1.807, 2.05) is 0 Å². The number of nitrogens with zero attached hydrogens (tertiary/aromatic N) is 3. The molecule has 1 heterocycles. The van der Waals surface area contributed by atoms with Crippen molar-refractivity contribution in [2.24, 2.45) is 0 Å². The third kappa shape index (κ3) is 2.39. The molecule has 0 aromatic carbocycles. The van der Waals surface area contributed by atoms with Gasteiger partial charge in [-0.1, -0.05) is 0 Å². The van der Waals surface area contributed by atoms with Crippen molar-refractivity contribution in [1.82, 2.24) is 14.8 Å². The van der Waals surface area contributed by atoms with E-state index in [1.54, 1.807) is 0 Å². The molecule has 1 aromatic rings. The minimum absolute atomic E-state index is 0.169. The van der Waals surface area contributed by atoms with E-state index < -0.39 is 24.0 Å². The molecule has 0 spiro atoms. The van der Waals surface area contributed by atoms with Crippen LogP contribution in [0, 0.1) is 0 Å². The van der Waals surface area contributed by atoms with E-state index in [0.717, 1.165) is 0 Å². The van der Waals surface area contributed by atoms with E-state index in [4.69, 9.17) is 0 Å². The molecule has 0 saturated heterocycles. The highest BCUT2D eigenvalue weighted by molar-refractivity contribution is 4.99. The topological polar surface area (TPSA) is 30.7 Å². The van der Waals surface area contributed by atoms with Gasteiger partial charge in [0, 0.05) is 6.54 Å². The maximum Gasteiger partial charge on any atom is 0.453 e. The lowest BCUT2D eigenvalue weighted by atomic mass is 10.5. The van der Waals surface area contributed by atoms with Crippen molar-refractivity contribution in [2.45, 2.75) is 25.8 Å². The van der Waals surface area contributed by atoms with Gasteiger partial charge in [-0.3, -0.25) is 0 Å². The third-order valence-electron chi connectivity index (χ3n) is 1.48. The number of alkyl halides is 6. The number of aryl methyl sites for hydroxylation is 1. The maximum atomic E-state index is 12.1. The van der Waals surface area contributed by atoms with Gasteiger partial charge in [0.25, 0.3) is 5.82 Å². The zero-order valence-electron chi connectivity index (χ0n) is 7.32. The highest BCUT2D eigenvalue weighted by atomic mass is 19.4. The molecule has 9 heteroatoms. The molecule has 0 unspecified atom stereocenters. The number of halogens is 6. The van der Waals surface area contributed by atoms with Crippen molar-refractivity contribution < 1.29 is 26.3 Å². The Bertz CT molecular complexity index is 349. The highest BCUT2D eigenvalue weighted by Gasteiger charge is 2.43. The van der Waals surface area contributed by atoms with Crippen molar-refractivity contribution in [1.29, 1.82) is 0 Å². The summed E-state index contributed by atoms with van der Waals surface area (Å²) in [6, 6.07) is 0. The second-order valence-electron chi connectivity index (χ2n) is 2.57. The Balaban J connectivity index is 3.24. The predicted molar refractivity (Wildman–Crippen MR) is 35.7 cm³/mol. The molecule has 0 saturated carbocycles. The maximum absolute atomic E-state index is 12.1. The third-order valence-corrected chi connectivity index (χ3v) is 1.48. The summed E-state index contributed by atoms with van der Waals surface area (Å²) in [7, 11) is 0. The SMILES string of the molecule is CCn1nc(C(F)(F)F)nc1C(F)(F)F. The fourth-order valence-corrected chi connectivity index (χ4v) is 0.892. The lowest BCUT2D eigenvalue weighted by molar-refractivity contribution is -0.150. The summed E-state index contributed by atoms with van der Waals surface area (Å²) >= 11 is 0. The van der Waals surface area contributed by atoms with Crippen LogP contribution in [-0.4, -0.2) is 14.8 Å². The minimum Gasteiger partial charge on any atom is -0.242 e. The Morgan fingerprint density at radius 1 is 1.07 bits per heavy atom. The average Bonchev–Trinajstić information content (AvgIpc) is 2.44. The first-order valence-corrected chi connectivity index (χ1v) is 3.75. The van der Waals surface area contributed by atoms with Gasteiger partial charge in [0.05, 0.1) is 0 Å². The molecule has 0 bridgehead atoms. The smallest absolute Gasteiger partial charge is 0.242 e. The molecule has 0 amide bonds. The summed E-state index contributed by atoms with van der Waals surface area (Å²) in [6.07, 6.45) is -9.91. The van der Waals surface area contributed by atoms with Crippen LogP contribution < -0.4 is 0 Å². The van der Waals surface area contributed by atoms with Crippen molar-refractivity contribution in [3.05, 3.63) is 11.6 Å². The van der Waals surface area contributed by atoms with Crippen LogP contribution in [-0.2, 0) is 18.9 Å². The van der Waals surface area contributed by atoms with Crippen LogP contribution in [0.1, 0.15) is 18.6 Å². The monoisotopic (exact) mass is 233 g/mol. The van der Waals surface area contributed by atoms with Crippen molar-refractivity contribution in [3.63, 3.8) is 0 Å². The number of rotatable bonds is 1. The van der Waals surface area contributed by atoms with Crippen LogP contribution >= 0.6 is 0 Å². The van der Waals surface area contributed by atoms with Crippen LogP contribution in [0.3, 0.4) is 0 Å². The summed E-state index contributed by atoms with van der Waals surface area (Å²) < 4.78 is 72.6. The minimum atomic E-state index is -4.97. The van der Waals surface area contributed by atoms with E-state index in [9.17, 15) is 26.3 Å². The standard InChI is InChI=1S/C6H5F6N3/c1-2-15-4(6(10,11)12)13-3(14-15)5(7,8)9/h2H2,1H3. The normalized spacial score (nSPS) is 13.3. The molecule has 1 aromatic heterocycles. The summed E-state index contributed by atoms with van der Waals surface area (Å²) in [6.45, 7) is 0.905. The molecule has 0 aliphatic heterocycles. The van der Waals surface area contributed by atoms with Gasteiger partial charge in [-0.05, 0) is 6.92 Å². The largest absolute Gasteiger partial charge is 0.453 e. The van der Waals surface area contributed by atoms with Gasteiger partial charge >= 0.3 is 12.4 Å². The Morgan fingerprint density at radius 2 is 1.60 bits per heavy atom. The van der Waals surface area contributed by atoms with Gasteiger partial charge in [-0.25, -0.2) is 4.68 Å². The summed E-state index contributed by atoms with van der Waals surface area (Å²) in [5, 5.41) is 2.73. The van der Waals surface area contributed by atoms with Crippen molar-refractivity contribution in [2.75, 3.05) is 0 Å². The second kappa shape index (κ2) is 3.38. The van der Waals surface area contributed by atoms with E-state index >= 15 is 0 Å². The van der Waals surface area contributed by atoms with E-state index in [-0.39, 0.29) is 11.2 Å². The molecule has 3 nitrogen and oxygen atoms in total. The molecular formula is C6H5F6N3. The lowest BCUT2D eigenvalue weighted by Gasteiger charge is -2.04. The van der Waals surface area contributed by atoms with Gasteiger partial charge in [0.15, 0.2) is 0 Å². The zero-order chi connectivity index (χ0) is 11.9. The summed E-state index contributed by atoms with van der Waals surface area (Å²) in [5.74, 6) is -3.42. The van der Waals surface area contributed by atoms with Crippen LogP contribution in [0.25, 0.3) is 0 Å². The second-order valence-corrected chi connectivity index (χ2v) is 2.57. The molecule has 0 radical (unpaired) electrons. The Labute approximate surface area is 79.7 Å². The molecule has 1 rings (SSSR count). The molecule has 15 heavy (non-hydrogen) atoms. The first-order chi connectivity index (χ1) is 6.66. The zero-order valence-corrected chi connectivity index (χ0v) is 7.32. The number of hydrogen-bond donors (Lipinski definition) is 0. The summed E-state index contributed by atoms with van der Waals surface area (Å²) in [4.78, 5) is 2.43. The average molecular weight is 233 g/mol. The van der Waals surface area contributed by atoms with Gasteiger partial charge in [0.2, 0.25) is 5.82 Å². The lowest BCUT2D eigenvalue weighted by Crippen LogP contribution is -2.15. The fraction of sp³-hybridized carbons (Fsp3) is 0.667. The van der Waals surface area contributed by atoms with Crippen molar-refractivity contribution >= 4 is 0 Å². The van der Waals surface area contributed by atoms with Crippen molar-refractivity contribution in [3.8, 4) is 0 Å². The van der Waals surface area contributed by atoms with Crippen LogP contribution in [0.4, 0.5) is 26.3 Å². The first kappa shape index (κ1) is 11.8. The molecular weight excluding hydrogens is 228 g/mol. The van der Waals surface area contributed by atoms with Gasteiger partial charge < -0.3 is 0 Å². The first-order valence-electron chi connectivity index (χ1n) is 3.75. The van der Waals surface area contributed by atoms with Gasteiger partial charge in [-0.2, -0.15) is 31.3 Å². The Morgan fingerprint density at radius 3 is 1.87 bits per heavy atom. The Kier molecular flexibility index (Phi) is 2.66. The van der Waals surface area contributed by atoms with Crippen LogP contribution in [0.5, 0.6) is 0 Å². The molecule has 86 valence electrons. The predicted octanol–water partition coefficient (Wildman–Crippen LogP) is 2.34. The molecule has 0 aliphatic carbocycles. The molecule has 0 N–H and O–H groups in total. The highest BCUT2D eigenvalue weighted by Crippen LogP contribution is 2.32. The molecule has 0 atom stereocenters. The van der Waals surface area contributed by atoms with Crippen LogP contribution in [0.2, 0.25) is 0 Å². The quantitative estimate of drug-likeness (QED) is 0.697. The fourth-order valence-electron chi connectivity index (χ4n) is 0.892. The number of aromatic nitrogens is 3. The molecule has 0 fully saturated rings.